The molecule has 2 heterocycles. The normalized spacial score (nSPS) is 15.0. The van der Waals surface area contributed by atoms with Crippen LogP contribution in [0.4, 0.5) is 0 Å². The standard InChI is InChI=1S/C15H14ClIN2O2/c16-11-4-2-1-3-10(11)7-18-5-6-19-9-13(20)15(21)14(17)12(19)8-18/h1-4,9,20H,5-8H2. The number of fused-ring (bicyclic) bond motifs is 1. The van der Waals surface area contributed by atoms with Gasteiger partial charge in [0.15, 0.2) is 5.75 Å². The van der Waals surface area contributed by atoms with Crippen molar-refractivity contribution < 1.29 is 5.11 Å². The van der Waals surface area contributed by atoms with Crippen molar-refractivity contribution in [1.29, 1.82) is 0 Å². The molecule has 1 N–H and O–H groups in total. The Morgan fingerprint density at radius 1 is 1.29 bits per heavy atom. The molecule has 0 bridgehead atoms. The zero-order valence-electron chi connectivity index (χ0n) is 11.2. The van der Waals surface area contributed by atoms with Gasteiger partial charge in [-0.3, -0.25) is 9.69 Å². The third kappa shape index (κ3) is 2.95. The molecule has 6 heteroatoms. The van der Waals surface area contributed by atoms with E-state index in [0.29, 0.717) is 10.1 Å². The number of rotatable bonds is 2. The molecule has 0 saturated heterocycles. The molecular formula is C15H14ClIN2O2. The van der Waals surface area contributed by atoms with E-state index in [1.165, 1.54) is 6.20 Å². The summed E-state index contributed by atoms with van der Waals surface area (Å²) in [5.41, 5.74) is 1.75. The molecule has 0 radical (unpaired) electrons. The first-order chi connectivity index (χ1) is 10.1. The van der Waals surface area contributed by atoms with Crippen LogP contribution in [0.3, 0.4) is 0 Å². The Kier molecular flexibility index (Phi) is 4.24. The minimum atomic E-state index is -0.290. The summed E-state index contributed by atoms with van der Waals surface area (Å²) in [6.45, 7) is 3.05. The highest BCUT2D eigenvalue weighted by molar-refractivity contribution is 14.1. The minimum absolute atomic E-state index is 0.178. The molecule has 0 fully saturated rings. The fourth-order valence-electron chi connectivity index (χ4n) is 2.56. The average Bonchev–Trinajstić information content (AvgIpc) is 2.48. The van der Waals surface area contributed by atoms with Gasteiger partial charge in [-0.1, -0.05) is 29.8 Å². The molecule has 1 aromatic carbocycles. The molecule has 0 atom stereocenters. The highest BCUT2D eigenvalue weighted by Crippen LogP contribution is 2.23. The predicted octanol–water partition coefficient (Wildman–Crippen LogP) is 2.83. The van der Waals surface area contributed by atoms with Gasteiger partial charge in [-0.05, 0) is 34.2 Å². The second kappa shape index (κ2) is 5.98. The second-order valence-corrected chi connectivity index (χ2v) is 6.59. The van der Waals surface area contributed by atoms with Gasteiger partial charge >= 0.3 is 0 Å². The fourth-order valence-corrected chi connectivity index (χ4v) is 3.51. The second-order valence-electron chi connectivity index (χ2n) is 5.10. The number of aromatic nitrogens is 1. The van der Waals surface area contributed by atoms with Gasteiger partial charge in [0.25, 0.3) is 0 Å². The molecule has 110 valence electrons. The Hall–Kier alpha value is -1.05. The molecule has 0 aliphatic carbocycles. The van der Waals surface area contributed by atoms with Gasteiger partial charge in [0.05, 0.1) is 9.77 Å². The van der Waals surface area contributed by atoms with E-state index in [1.807, 2.05) is 51.4 Å². The molecule has 0 unspecified atom stereocenters. The highest BCUT2D eigenvalue weighted by atomic mass is 127. The molecule has 1 aromatic heterocycles. The number of halogens is 2. The van der Waals surface area contributed by atoms with Gasteiger partial charge in [0.2, 0.25) is 5.43 Å². The molecular weight excluding hydrogens is 403 g/mol. The van der Waals surface area contributed by atoms with Crippen LogP contribution in [0.25, 0.3) is 0 Å². The van der Waals surface area contributed by atoms with Crippen LogP contribution < -0.4 is 5.43 Å². The number of hydrogen-bond acceptors (Lipinski definition) is 3. The van der Waals surface area contributed by atoms with E-state index >= 15 is 0 Å². The lowest BCUT2D eigenvalue weighted by atomic mass is 10.1. The van der Waals surface area contributed by atoms with Gasteiger partial charge in [-0.25, -0.2) is 0 Å². The lowest BCUT2D eigenvalue weighted by Gasteiger charge is -2.31. The number of nitrogens with zero attached hydrogens (tertiary/aromatic N) is 2. The summed E-state index contributed by atoms with van der Waals surface area (Å²) in [6, 6.07) is 7.81. The zero-order chi connectivity index (χ0) is 15.0. The van der Waals surface area contributed by atoms with E-state index in [2.05, 4.69) is 4.90 Å². The molecule has 4 nitrogen and oxygen atoms in total. The van der Waals surface area contributed by atoms with E-state index in [4.69, 9.17) is 11.6 Å². The van der Waals surface area contributed by atoms with Crippen molar-refractivity contribution in [1.82, 2.24) is 9.47 Å². The van der Waals surface area contributed by atoms with Crippen LogP contribution in [-0.2, 0) is 19.6 Å². The first-order valence-corrected chi connectivity index (χ1v) is 8.08. The molecule has 0 spiro atoms. The quantitative estimate of drug-likeness (QED) is 0.766. The van der Waals surface area contributed by atoms with Crippen molar-refractivity contribution in [3.05, 3.63) is 60.5 Å². The van der Waals surface area contributed by atoms with Crippen molar-refractivity contribution >= 4 is 34.2 Å². The van der Waals surface area contributed by atoms with Crippen LogP contribution in [-0.4, -0.2) is 21.1 Å². The molecule has 1 aliphatic heterocycles. The summed E-state index contributed by atoms with van der Waals surface area (Å²) >= 11 is 8.22. The Balaban J connectivity index is 1.87. The van der Waals surface area contributed by atoms with Crippen molar-refractivity contribution in [3.8, 4) is 5.75 Å². The average molecular weight is 417 g/mol. The number of hydrogen-bond donors (Lipinski definition) is 1. The molecule has 3 rings (SSSR count). The first-order valence-electron chi connectivity index (χ1n) is 6.63. The third-order valence-electron chi connectivity index (χ3n) is 3.69. The molecule has 0 saturated carbocycles. The number of pyridine rings is 1. The van der Waals surface area contributed by atoms with Gasteiger partial charge < -0.3 is 9.67 Å². The van der Waals surface area contributed by atoms with Crippen LogP contribution >= 0.6 is 34.2 Å². The van der Waals surface area contributed by atoms with Crippen LogP contribution in [0, 0.1) is 3.57 Å². The van der Waals surface area contributed by atoms with Crippen molar-refractivity contribution in [2.45, 2.75) is 19.6 Å². The summed E-state index contributed by atoms with van der Waals surface area (Å²) in [4.78, 5) is 14.1. The summed E-state index contributed by atoms with van der Waals surface area (Å²) in [5.74, 6) is -0.178. The number of benzene rings is 1. The fraction of sp³-hybridized carbons (Fsp3) is 0.267. The Morgan fingerprint density at radius 3 is 2.81 bits per heavy atom. The van der Waals surface area contributed by atoms with Gasteiger partial charge in [0.1, 0.15) is 0 Å². The SMILES string of the molecule is O=c1c(O)cn2c(c1I)CN(Cc1ccccc1Cl)CC2. The molecule has 2 aromatic rings. The minimum Gasteiger partial charge on any atom is -0.503 e. The Bertz CT molecular complexity index is 745. The molecule has 1 aliphatic rings. The largest absolute Gasteiger partial charge is 0.503 e. The van der Waals surface area contributed by atoms with Crippen LogP contribution in [0.15, 0.2) is 35.3 Å². The van der Waals surface area contributed by atoms with Crippen molar-refractivity contribution in [2.75, 3.05) is 6.54 Å². The monoisotopic (exact) mass is 416 g/mol. The van der Waals surface area contributed by atoms with Gasteiger partial charge in [0, 0.05) is 36.9 Å². The maximum absolute atomic E-state index is 11.8. The lowest BCUT2D eigenvalue weighted by molar-refractivity contribution is 0.209. The van der Waals surface area contributed by atoms with Gasteiger partial charge in [-0.2, -0.15) is 0 Å². The van der Waals surface area contributed by atoms with Crippen molar-refractivity contribution in [3.63, 3.8) is 0 Å². The highest BCUT2D eigenvalue weighted by Gasteiger charge is 2.21. The summed E-state index contributed by atoms with van der Waals surface area (Å²) in [7, 11) is 0. The van der Waals surface area contributed by atoms with E-state index in [9.17, 15) is 9.90 Å². The summed E-state index contributed by atoms with van der Waals surface area (Å²) in [6.07, 6.45) is 1.53. The molecule has 21 heavy (non-hydrogen) atoms. The third-order valence-corrected chi connectivity index (χ3v) is 5.17. The van der Waals surface area contributed by atoms with E-state index < -0.39 is 0 Å². The number of aromatic hydroxyl groups is 1. The van der Waals surface area contributed by atoms with Gasteiger partial charge in [-0.15, -0.1) is 0 Å². The predicted molar refractivity (Wildman–Crippen MR) is 90.6 cm³/mol. The Labute approximate surface area is 141 Å². The van der Waals surface area contributed by atoms with Crippen LogP contribution in [0.5, 0.6) is 5.75 Å². The molecule has 0 amide bonds. The topological polar surface area (TPSA) is 45.5 Å². The maximum atomic E-state index is 11.8. The smallest absolute Gasteiger partial charge is 0.236 e. The Morgan fingerprint density at radius 2 is 2.05 bits per heavy atom. The zero-order valence-corrected chi connectivity index (χ0v) is 14.1. The van der Waals surface area contributed by atoms with Crippen LogP contribution in [0.1, 0.15) is 11.3 Å². The van der Waals surface area contributed by atoms with E-state index in [-0.39, 0.29) is 11.2 Å². The van der Waals surface area contributed by atoms with Crippen molar-refractivity contribution in [2.24, 2.45) is 0 Å². The first kappa shape index (κ1) is 14.9. The van der Waals surface area contributed by atoms with E-state index in [1.54, 1.807) is 0 Å². The van der Waals surface area contributed by atoms with Crippen LogP contribution in [0.2, 0.25) is 5.02 Å². The summed E-state index contributed by atoms with van der Waals surface area (Å²) < 4.78 is 2.55. The summed E-state index contributed by atoms with van der Waals surface area (Å²) in [5, 5.41) is 10.4. The lowest BCUT2D eigenvalue weighted by Crippen LogP contribution is -2.36. The maximum Gasteiger partial charge on any atom is 0.236 e. The van der Waals surface area contributed by atoms with E-state index in [0.717, 1.165) is 35.9 Å².